The largest absolute Gasteiger partial charge is 0.356 e. The maximum absolute atomic E-state index is 11.3. The minimum Gasteiger partial charge on any atom is -0.356 e. The third kappa shape index (κ3) is 7.74. The van der Waals surface area contributed by atoms with E-state index < -0.39 is 0 Å². The maximum Gasteiger partial charge on any atom is 0.220 e. The minimum atomic E-state index is 0.0565. The van der Waals surface area contributed by atoms with Crippen LogP contribution in [0.5, 0.6) is 0 Å². The Hall–Kier alpha value is -1.10. The number of amides is 2. The van der Waals surface area contributed by atoms with Crippen molar-refractivity contribution in [2.24, 2.45) is 5.73 Å². The first-order valence-corrected chi connectivity index (χ1v) is 6.48. The van der Waals surface area contributed by atoms with E-state index in [1.54, 1.807) is 0 Å². The minimum absolute atomic E-state index is 0.0565. The molecule has 1 fully saturated rings. The second-order valence-corrected chi connectivity index (χ2v) is 4.54. The summed E-state index contributed by atoms with van der Waals surface area (Å²) in [6, 6.07) is 0.424. The van der Waals surface area contributed by atoms with Gasteiger partial charge in [0.05, 0.1) is 0 Å². The normalized spacial score (nSPS) is 14.4. The van der Waals surface area contributed by atoms with E-state index in [1.165, 1.54) is 0 Å². The summed E-state index contributed by atoms with van der Waals surface area (Å²) < 4.78 is 0. The third-order valence-corrected chi connectivity index (χ3v) is 2.70. The summed E-state index contributed by atoms with van der Waals surface area (Å²) in [4.78, 5) is 22.6. The molecule has 0 radical (unpaired) electrons. The molecule has 1 aliphatic rings. The van der Waals surface area contributed by atoms with Crippen molar-refractivity contribution in [2.45, 2.75) is 51.0 Å². The predicted molar refractivity (Wildman–Crippen MR) is 66.3 cm³/mol. The van der Waals surface area contributed by atoms with E-state index in [-0.39, 0.29) is 11.8 Å². The molecule has 98 valence electrons. The van der Waals surface area contributed by atoms with Crippen molar-refractivity contribution in [3.8, 4) is 0 Å². The second kappa shape index (κ2) is 8.06. The number of unbranched alkanes of at least 4 members (excludes halogenated alkanes) is 1. The van der Waals surface area contributed by atoms with Crippen molar-refractivity contribution in [1.82, 2.24) is 10.6 Å². The van der Waals surface area contributed by atoms with E-state index in [9.17, 15) is 9.59 Å². The predicted octanol–water partition coefficient (Wildman–Crippen LogP) is 0.290. The van der Waals surface area contributed by atoms with E-state index >= 15 is 0 Å². The van der Waals surface area contributed by atoms with Crippen molar-refractivity contribution in [3.63, 3.8) is 0 Å². The lowest BCUT2D eigenvalue weighted by Crippen LogP contribution is -2.28. The molecule has 0 aromatic rings. The van der Waals surface area contributed by atoms with Crippen LogP contribution in [0.15, 0.2) is 0 Å². The van der Waals surface area contributed by atoms with Gasteiger partial charge in [-0.2, -0.15) is 0 Å². The molecule has 0 atom stereocenters. The van der Waals surface area contributed by atoms with E-state index in [0.717, 1.165) is 25.7 Å². The van der Waals surface area contributed by atoms with Crippen molar-refractivity contribution in [3.05, 3.63) is 0 Å². The van der Waals surface area contributed by atoms with Gasteiger partial charge in [0.15, 0.2) is 0 Å². The molecule has 5 nitrogen and oxygen atoms in total. The smallest absolute Gasteiger partial charge is 0.220 e. The lowest BCUT2D eigenvalue weighted by atomic mass is 10.2. The summed E-state index contributed by atoms with van der Waals surface area (Å²) in [6.07, 6.45) is 5.70. The molecule has 0 spiro atoms. The lowest BCUT2D eigenvalue weighted by molar-refractivity contribution is -0.123. The van der Waals surface area contributed by atoms with Crippen molar-refractivity contribution in [2.75, 3.05) is 13.1 Å². The van der Waals surface area contributed by atoms with E-state index in [1.807, 2.05) is 0 Å². The Morgan fingerprint density at radius 2 is 1.76 bits per heavy atom. The number of rotatable bonds is 9. The van der Waals surface area contributed by atoms with Gasteiger partial charge in [0.2, 0.25) is 11.8 Å². The van der Waals surface area contributed by atoms with Gasteiger partial charge in [-0.25, -0.2) is 0 Å². The summed E-state index contributed by atoms with van der Waals surface area (Å²) in [5, 5.41) is 5.72. The van der Waals surface area contributed by atoms with Gasteiger partial charge in [0.25, 0.3) is 0 Å². The van der Waals surface area contributed by atoms with Crippen molar-refractivity contribution >= 4 is 11.8 Å². The topological polar surface area (TPSA) is 84.2 Å². The molecular formula is C12H23N3O2. The van der Waals surface area contributed by atoms with Crippen LogP contribution in [0, 0.1) is 0 Å². The number of carbonyl (C=O) groups excluding carboxylic acids is 2. The summed E-state index contributed by atoms with van der Waals surface area (Å²) >= 11 is 0. The zero-order valence-electron chi connectivity index (χ0n) is 10.3. The zero-order chi connectivity index (χ0) is 12.5. The first-order chi connectivity index (χ1) is 8.22. The van der Waals surface area contributed by atoms with Crippen LogP contribution in [0.2, 0.25) is 0 Å². The Morgan fingerprint density at radius 3 is 2.41 bits per heavy atom. The quantitative estimate of drug-likeness (QED) is 0.507. The molecular weight excluding hydrogens is 218 g/mol. The standard InChI is InChI=1S/C12H23N3O2/c13-8-2-1-4-11(16)14-9-3-5-12(17)15-10-6-7-10/h10H,1-9,13H2,(H,14,16)(H,15,17). The van der Waals surface area contributed by atoms with Crippen LogP contribution in [0.25, 0.3) is 0 Å². The molecule has 0 saturated heterocycles. The Balaban J connectivity index is 1.88. The molecule has 1 saturated carbocycles. The van der Waals surface area contributed by atoms with Gasteiger partial charge in [-0.15, -0.1) is 0 Å². The number of hydrogen-bond donors (Lipinski definition) is 3. The highest BCUT2D eigenvalue weighted by Crippen LogP contribution is 2.18. The van der Waals surface area contributed by atoms with E-state index in [2.05, 4.69) is 10.6 Å². The molecule has 0 aromatic carbocycles. The molecule has 0 bridgehead atoms. The number of hydrogen-bond acceptors (Lipinski definition) is 3. The summed E-state index contributed by atoms with van der Waals surface area (Å²) in [5.41, 5.74) is 5.34. The van der Waals surface area contributed by atoms with Crippen LogP contribution in [-0.4, -0.2) is 30.9 Å². The molecule has 17 heavy (non-hydrogen) atoms. The molecule has 5 heteroatoms. The first kappa shape index (κ1) is 14.0. The average molecular weight is 241 g/mol. The molecule has 0 aliphatic heterocycles. The molecule has 0 unspecified atom stereocenters. The molecule has 1 rings (SSSR count). The van der Waals surface area contributed by atoms with Crippen molar-refractivity contribution in [1.29, 1.82) is 0 Å². The van der Waals surface area contributed by atoms with Crippen LogP contribution in [0.4, 0.5) is 0 Å². The van der Waals surface area contributed by atoms with Crippen LogP contribution in [-0.2, 0) is 9.59 Å². The fourth-order valence-corrected chi connectivity index (χ4v) is 1.52. The molecule has 0 heterocycles. The Bertz CT molecular complexity index is 252. The fraction of sp³-hybridized carbons (Fsp3) is 0.833. The van der Waals surface area contributed by atoms with E-state index in [0.29, 0.717) is 38.4 Å². The summed E-state index contributed by atoms with van der Waals surface area (Å²) in [7, 11) is 0. The average Bonchev–Trinajstić information content (AvgIpc) is 3.09. The lowest BCUT2D eigenvalue weighted by Gasteiger charge is -2.05. The highest BCUT2D eigenvalue weighted by Gasteiger charge is 2.22. The Labute approximate surface area is 103 Å². The second-order valence-electron chi connectivity index (χ2n) is 4.54. The number of nitrogens with two attached hydrogens (primary N) is 1. The first-order valence-electron chi connectivity index (χ1n) is 6.48. The van der Waals surface area contributed by atoms with Crippen molar-refractivity contribution < 1.29 is 9.59 Å². The van der Waals surface area contributed by atoms with E-state index in [4.69, 9.17) is 5.73 Å². The fourth-order valence-electron chi connectivity index (χ4n) is 1.52. The summed E-state index contributed by atoms with van der Waals surface area (Å²) in [5.74, 6) is 0.158. The molecule has 1 aliphatic carbocycles. The molecule has 0 aromatic heterocycles. The van der Waals surface area contributed by atoms with Crippen LogP contribution >= 0.6 is 0 Å². The highest BCUT2D eigenvalue weighted by molar-refractivity contribution is 5.77. The number of nitrogens with one attached hydrogen (secondary N) is 2. The Kier molecular flexibility index (Phi) is 6.62. The van der Waals surface area contributed by atoms with Gasteiger partial charge in [-0.1, -0.05) is 0 Å². The van der Waals surface area contributed by atoms with Gasteiger partial charge < -0.3 is 16.4 Å². The van der Waals surface area contributed by atoms with Crippen LogP contribution in [0.3, 0.4) is 0 Å². The molecule has 4 N–H and O–H groups in total. The van der Waals surface area contributed by atoms with Gasteiger partial charge >= 0.3 is 0 Å². The number of carbonyl (C=O) groups is 2. The van der Waals surface area contributed by atoms with Crippen LogP contribution < -0.4 is 16.4 Å². The molecule has 2 amide bonds. The van der Waals surface area contributed by atoms with Gasteiger partial charge in [-0.3, -0.25) is 9.59 Å². The zero-order valence-corrected chi connectivity index (χ0v) is 10.3. The monoisotopic (exact) mass is 241 g/mol. The third-order valence-electron chi connectivity index (χ3n) is 2.70. The maximum atomic E-state index is 11.3. The van der Waals surface area contributed by atoms with Gasteiger partial charge in [0.1, 0.15) is 0 Å². The van der Waals surface area contributed by atoms with Gasteiger partial charge in [-0.05, 0) is 38.6 Å². The van der Waals surface area contributed by atoms with Crippen LogP contribution in [0.1, 0.15) is 44.9 Å². The SMILES string of the molecule is NCCCCC(=O)NCCCC(=O)NC1CC1. The van der Waals surface area contributed by atoms with Gasteiger partial charge in [0, 0.05) is 25.4 Å². The summed E-state index contributed by atoms with van der Waals surface area (Å²) in [6.45, 7) is 1.22. The highest BCUT2D eigenvalue weighted by atomic mass is 16.2. The Morgan fingerprint density at radius 1 is 1.06 bits per heavy atom.